The van der Waals surface area contributed by atoms with Gasteiger partial charge in [0.1, 0.15) is 0 Å². The quantitative estimate of drug-likeness (QED) is 0.420. The molecule has 0 unspecified atom stereocenters. The van der Waals surface area contributed by atoms with Crippen LogP contribution in [0.15, 0.2) is 12.7 Å². The Morgan fingerprint density at radius 1 is 1.62 bits per heavy atom. The lowest BCUT2D eigenvalue weighted by atomic mass is 10.1. The predicted molar refractivity (Wildman–Crippen MR) is 32.3 cm³/mol. The summed E-state index contributed by atoms with van der Waals surface area (Å²) in [7, 11) is 0. The van der Waals surface area contributed by atoms with Crippen molar-refractivity contribution in [1.29, 1.82) is 0 Å². The minimum atomic E-state index is -1.53. The van der Waals surface area contributed by atoms with Crippen molar-refractivity contribution in [2.45, 2.75) is 25.6 Å². The van der Waals surface area contributed by atoms with Crippen LogP contribution in [-0.2, 0) is 0 Å². The maximum Gasteiger partial charge on any atom is 0.165 e. The molecule has 0 atom stereocenters. The maximum atomic E-state index is 8.81. The normalized spacial score (nSPS) is 11.4. The molecule has 0 aliphatic heterocycles. The van der Waals surface area contributed by atoms with Crippen LogP contribution in [0.3, 0.4) is 0 Å². The number of rotatable bonds is 3. The third-order valence-electron chi connectivity index (χ3n) is 1.04. The standard InChI is InChI=1S/C6H12O2/c1-3-5-6(7,8)4-2/h3,7-8H,1,4-5H2,2H3. The summed E-state index contributed by atoms with van der Waals surface area (Å²) in [4.78, 5) is 0. The van der Waals surface area contributed by atoms with Crippen LogP contribution in [0, 0.1) is 0 Å². The highest BCUT2D eigenvalue weighted by Gasteiger charge is 2.16. The van der Waals surface area contributed by atoms with Gasteiger partial charge in [0.25, 0.3) is 0 Å². The van der Waals surface area contributed by atoms with Crippen LogP contribution in [0.5, 0.6) is 0 Å². The SMILES string of the molecule is C=CCC(O)(O)CC. The minimum absolute atomic E-state index is 0.240. The summed E-state index contributed by atoms with van der Waals surface area (Å²) in [5, 5.41) is 17.6. The summed E-state index contributed by atoms with van der Waals surface area (Å²) >= 11 is 0. The third kappa shape index (κ3) is 2.77. The first-order chi connectivity index (χ1) is 3.62. The topological polar surface area (TPSA) is 40.5 Å². The van der Waals surface area contributed by atoms with E-state index in [-0.39, 0.29) is 6.42 Å². The van der Waals surface area contributed by atoms with E-state index in [9.17, 15) is 0 Å². The first-order valence-electron chi connectivity index (χ1n) is 2.68. The van der Waals surface area contributed by atoms with Gasteiger partial charge in [0.2, 0.25) is 0 Å². The molecule has 0 aromatic carbocycles. The highest BCUT2D eigenvalue weighted by atomic mass is 16.5. The van der Waals surface area contributed by atoms with Crippen LogP contribution in [-0.4, -0.2) is 16.0 Å². The van der Waals surface area contributed by atoms with Crippen molar-refractivity contribution in [1.82, 2.24) is 0 Å². The van der Waals surface area contributed by atoms with Crippen LogP contribution < -0.4 is 0 Å². The molecule has 0 heterocycles. The second kappa shape index (κ2) is 2.84. The Labute approximate surface area is 49.5 Å². The molecule has 0 aromatic rings. The van der Waals surface area contributed by atoms with E-state index in [0.29, 0.717) is 6.42 Å². The van der Waals surface area contributed by atoms with Gasteiger partial charge in [-0.1, -0.05) is 13.0 Å². The fraction of sp³-hybridized carbons (Fsp3) is 0.667. The van der Waals surface area contributed by atoms with E-state index in [2.05, 4.69) is 6.58 Å². The lowest BCUT2D eigenvalue weighted by Gasteiger charge is -2.16. The lowest BCUT2D eigenvalue weighted by Crippen LogP contribution is -2.25. The summed E-state index contributed by atoms with van der Waals surface area (Å²) in [6, 6.07) is 0. The lowest BCUT2D eigenvalue weighted by molar-refractivity contribution is -0.158. The van der Waals surface area contributed by atoms with Gasteiger partial charge in [-0.25, -0.2) is 0 Å². The van der Waals surface area contributed by atoms with Gasteiger partial charge in [-0.3, -0.25) is 0 Å². The van der Waals surface area contributed by atoms with E-state index in [4.69, 9.17) is 10.2 Å². The molecule has 48 valence electrons. The largest absolute Gasteiger partial charge is 0.365 e. The molecule has 0 aliphatic rings. The van der Waals surface area contributed by atoms with Gasteiger partial charge in [0, 0.05) is 6.42 Å². The van der Waals surface area contributed by atoms with Crippen molar-refractivity contribution in [3.63, 3.8) is 0 Å². The molecule has 0 radical (unpaired) electrons. The number of hydrogen-bond acceptors (Lipinski definition) is 2. The predicted octanol–water partition coefficient (Wildman–Crippen LogP) is 0.653. The number of hydrogen-bond donors (Lipinski definition) is 2. The molecule has 0 aliphatic carbocycles. The van der Waals surface area contributed by atoms with Gasteiger partial charge in [0.05, 0.1) is 0 Å². The molecule has 0 rings (SSSR count). The monoisotopic (exact) mass is 116 g/mol. The van der Waals surface area contributed by atoms with Gasteiger partial charge in [-0.2, -0.15) is 0 Å². The average Bonchev–Trinajstić information content (AvgIpc) is 1.67. The Morgan fingerprint density at radius 2 is 2.12 bits per heavy atom. The van der Waals surface area contributed by atoms with Crippen LogP contribution >= 0.6 is 0 Å². The van der Waals surface area contributed by atoms with Crippen molar-refractivity contribution in [2.75, 3.05) is 0 Å². The van der Waals surface area contributed by atoms with E-state index in [0.717, 1.165) is 0 Å². The molecule has 0 bridgehead atoms. The zero-order valence-corrected chi connectivity index (χ0v) is 5.09. The maximum absolute atomic E-state index is 8.81. The highest BCUT2D eigenvalue weighted by molar-refractivity contribution is 4.75. The van der Waals surface area contributed by atoms with Crippen molar-refractivity contribution >= 4 is 0 Å². The Bertz CT molecular complexity index is 76.6. The van der Waals surface area contributed by atoms with Gasteiger partial charge < -0.3 is 10.2 Å². The van der Waals surface area contributed by atoms with Gasteiger partial charge in [-0.15, -0.1) is 6.58 Å². The van der Waals surface area contributed by atoms with Crippen molar-refractivity contribution < 1.29 is 10.2 Å². The van der Waals surface area contributed by atoms with E-state index >= 15 is 0 Å². The van der Waals surface area contributed by atoms with Crippen LogP contribution in [0.1, 0.15) is 19.8 Å². The van der Waals surface area contributed by atoms with Crippen molar-refractivity contribution in [2.24, 2.45) is 0 Å². The van der Waals surface area contributed by atoms with E-state index in [1.54, 1.807) is 6.92 Å². The first kappa shape index (κ1) is 7.66. The Morgan fingerprint density at radius 3 is 2.25 bits per heavy atom. The highest BCUT2D eigenvalue weighted by Crippen LogP contribution is 2.09. The van der Waals surface area contributed by atoms with Crippen LogP contribution in [0.2, 0.25) is 0 Å². The van der Waals surface area contributed by atoms with Gasteiger partial charge in [-0.05, 0) is 6.42 Å². The Kier molecular flexibility index (Phi) is 2.72. The Hall–Kier alpha value is -0.340. The average molecular weight is 116 g/mol. The molecule has 2 heteroatoms. The molecule has 2 nitrogen and oxygen atoms in total. The molecule has 0 saturated heterocycles. The molecule has 8 heavy (non-hydrogen) atoms. The summed E-state index contributed by atoms with van der Waals surface area (Å²) in [5.41, 5.74) is 0. The van der Waals surface area contributed by atoms with E-state index in [1.807, 2.05) is 0 Å². The van der Waals surface area contributed by atoms with Crippen LogP contribution in [0.25, 0.3) is 0 Å². The minimum Gasteiger partial charge on any atom is -0.365 e. The van der Waals surface area contributed by atoms with Gasteiger partial charge in [0.15, 0.2) is 5.79 Å². The molecule has 2 N–H and O–H groups in total. The fourth-order valence-electron chi connectivity index (χ4n) is 0.375. The molecule has 0 fully saturated rings. The molecule has 0 aromatic heterocycles. The first-order valence-corrected chi connectivity index (χ1v) is 2.68. The van der Waals surface area contributed by atoms with Gasteiger partial charge >= 0.3 is 0 Å². The second-order valence-corrected chi connectivity index (χ2v) is 1.83. The van der Waals surface area contributed by atoms with Crippen molar-refractivity contribution in [3.05, 3.63) is 12.7 Å². The summed E-state index contributed by atoms with van der Waals surface area (Å²) in [5.74, 6) is -1.53. The molecular formula is C6H12O2. The summed E-state index contributed by atoms with van der Waals surface area (Å²) in [6.45, 7) is 5.09. The van der Waals surface area contributed by atoms with E-state index in [1.165, 1.54) is 6.08 Å². The summed E-state index contributed by atoms with van der Waals surface area (Å²) < 4.78 is 0. The zero-order chi connectivity index (χ0) is 6.62. The fourth-order valence-corrected chi connectivity index (χ4v) is 0.375. The number of aliphatic hydroxyl groups is 2. The molecule has 0 amide bonds. The smallest absolute Gasteiger partial charge is 0.165 e. The molecule has 0 spiro atoms. The van der Waals surface area contributed by atoms with Crippen LogP contribution in [0.4, 0.5) is 0 Å². The Balaban J connectivity index is 3.53. The third-order valence-corrected chi connectivity index (χ3v) is 1.04. The molecule has 0 saturated carbocycles. The zero-order valence-electron chi connectivity index (χ0n) is 5.09. The van der Waals surface area contributed by atoms with E-state index < -0.39 is 5.79 Å². The molecular weight excluding hydrogens is 104 g/mol. The second-order valence-electron chi connectivity index (χ2n) is 1.83. The van der Waals surface area contributed by atoms with Crippen molar-refractivity contribution in [3.8, 4) is 0 Å². The summed E-state index contributed by atoms with van der Waals surface area (Å²) in [6.07, 6.45) is 2.08.